The maximum Gasteiger partial charge on any atom is 0.175 e. The summed E-state index contributed by atoms with van der Waals surface area (Å²) in [6.45, 7) is 6.50. The second-order valence-corrected chi connectivity index (χ2v) is 9.78. The highest BCUT2D eigenvalue weighted by atomic mass is 32.2. The number of hydrogen-bond acceptors (Lipinski definition) is 6. The largest absolute Gasteiger partial charge is 0.755 e. The Bertz CT molecular complexity index is 1230. The molecule has 0 saturated carbocycles. The summed E-state index contributed by atoms with van der Waals surface area (Å²) in [4.78, 5) is 16.4. The number of amides is 1. The normalized spacial score (nSPS) is 13.1. The summed E-state index contributed by atoms with van der Waals surface area (Å²) in [7, 11) is 0. The predicted molar refractivity (Wildman–Crippen MR) is 140 cm³/mol. The van der Waals surface area contributed by atoms with Gasteiger partial charge in [-0.1, -0.05) is 42.2 Å². The molecule has 0 aliphatic heterocycles. The molecule has 36 heavy (non-hydrogen) atoms. The van der Waals surface area contributed by atoms with Crippen LogP contribution in [-0.4, -0.2) is 47.2 Å². The Kier molecular flexibility index (Phi) is 9.10. The van der Waals surface area contributed by atoms with Crippen LogP contribution in [0.1, 0.15) is 49.2 Å². The van der Waals surface area contributed by atoms with Gasteiger partial charge in [-0.05, 0) is 44.9 Å². The van der Waals surface area contributed by atoms with Crippen LogP contribution in [0.25, 0.3) is 16.7 Å². The minimum absolute atomic E-state index is 0.157. The van der Waals surface area contributed by atoms with Crippen molar-refractivity contribution < 1.29 is 18.7 Å². The maximum absolute atomic E-state index is 12.0. The number of carbonyl (C=O) groups is 1. The molecule has 0 radical (unpaired) electrons. The number of β-amino-alcohol motifs (C(OH)–C–C–N with tert-alkyl or cyclic N) is 1. The fourth-order valence-electron chi connectivity index (χ4n) is 3.55. The van der Waals surface area contributed by atoms with E-state index in [1.165, 1.54) is 6.92 Å². The van der Waals surface area contributed by atoms with Crippen molar-refractivity contribution in [1.82, 2.24) is 20.2 Å². The van der Waals surface area contributed by atoms with E-state index in [4.69, 9.17) is 0 Å². The topological polar surface area (TPSA) is 154 Å². The molecule has 3 aromatic rings. The number of hydrogen-bond donors (Lipinski definition) is 4. The molecule has 1 amide bonds. The fourth-order valence-corrected chi connectivity index (χ4v) is 3.87. The number of imidazole rings is 1. The molecule has 1 heterocycles. The number of aromatic nitrogens is 2. The monoisotopic (exact) mass is 510 g/mol. The van der Waals surface area contributed by atoms with Gasteiger partial charge in [0, 0.05) is 52.9 Å². The molecule has 3 rings (SSSR count). The van der Waals surface area contributed by atoms with Crippen molar-refractivity contribution in [2.75, 3.05) is 11.3 Å². The molecule has 1 aromatic heterocycles. The van der Waals surface area contributed by atoms with Crippen LogP contribution in [0.5, 0.6) is 0 Å². The first kappa shape index (κ1) is 27.2. The van der Waals surface area contributed by atoms with Gasteiger partial charge in [0.05, 0.1) is 18.1 Å². The summed E-state index contributed by atoms with van der Waals surface area (Å²) >= 11 is -2.42. The first-order chi connectivity index (χ1) is 17.0. The average molecular weight is 511 g/mol. The summed E-state index contributed by atoms with van der Waals surface area (Å²) in [6, 6.07) is 13.6. The summed E-state index contributed by atoms with van der Waals surface area (Å²) in [5.41, 5.74) is 2.81. The van der Waals surface area contributed by atoms with E-state index >= 15 is 0 Å². The molecule has 2 aromatic carbocycles. The average Bonchev–Trinajstić information content (AvgIpc) is 3.30. The van der Waals surface area contributed by atoms with Crippen LogP contribution in [-0.2, 0) is 17.8 Å². The van der Waals surface area contributed by atoms with Gasteiger partial charge in [-0.3, -0.25) is 9.00 Å². The van der Waals surface area contributed by atoms with E-state index in [1.807, 2.05) is 24.6 Å². The van der Waals surface area contributed by atoms with Crippen LogP contribution < -0.4 is 15.4 Å². The number of rotatable bonds is 11. The zero-order valence-electron chi connectivity index (χ0n) is 20.4. The summed E-state index contributed by atoms with van der Waals surface area (Å²) in [5.74, 6) is -0.536. The minimum Gasteiger partial charge on any atom is -0.755 e. The van der Waals surface area contributed by atoms with Crippen LogP contribution >= 0.6 is 0 Å². The van der Waals surface area contributed by atoms with Gasteiger partial charge in [-0.25, -0.2) is 4.98 Å². The number of aliphatic hydroxyl groups excluding tert-OH is 1. The standard InChI is InChI=1S/C25H31N6O4S/c1-17(26)29-24(33)19-9-7-18(8-10-19)22-15-31(16-27-22)12-11-25(2,3)28-14-23(32)20-5-4-6-21(13-20)30-36(34)35/h4-10,13,15-16,23,28,30,32H,11-12,14H2,1-3H3,(H2-,26,29,33,34,35)/q-1/p-1/t23-/m0/s1. The van der Waals surface area contributed by atoms with Crippen LogP contribution in [0, 0.1) is 0 Å². The Balaban J connectivity index is 1.52. The number of aliphatic hydroxyl groups is 1. The highest BCUT2D eigenvalue weighted by molar-refractivity contribution is 7.80. The molecule has 0 saturated heterocycles. The van der Waals surface area contributed by atoms with Crippen molar-refractivity contribution in [1.29, 1.82) is 0 Å². The third-order valence-corrected chi connectivity index (χ3v) is 6.01. The molecule has 0 aliphatic carbocycles. The van der Waals surface area contributed by atoms with Gasteiger partial charge in [0.2, 0.25) is 0 Å². The first-order valence-electron chi connectivity index (χ1n) is 11.4. The van der Waals surface area contributed by atoms with Crippen molar-refractivity contribution in [3.05, 3.63) is 77.6 Å². The SMILES string of the molecule is CC(=[N-])NC(=O)c1ccc(-c2cn(CCC(C)(C)NC[C@H](O)c3cccc(NS(=O)[O-])c3)cn2)cc1. The van der Waals surface area contributed by atoms with Crippen molar-refractivity contribution >= 4 is 28.7 Å². The highest BCUT2D eigenvalue weighted by Gasteiger charge is 2.19. The molecule has 1 unspecified atom stereocenters. The Morgan fingerprint density at radius 1 is 1.25 bits per heavy atom. The molecule has 4 N–H and O–H groups in total. The number of nitrogens with one attached hydrogen (secondary N) is 3. The molecule has 0 aliphatic rings. The second-order valence-electron chi connectivity index (χ2n) is 9.11. The molecule has 2 atom stereocenters. The number of anilines is 1. The van der Waals surface area contributed by atoms with Gasteiger partial charge in [-0.15, -0.1) is 0 Å². The summed E-state index contributed by atoms with van der Waals surface area (Å²) < 4.78 is 25.9. The zero-order chi connectivity index (χ0) is 26.3. The van der Waals surface area contributed by atoms with E-state index in [-0.39, 0.29) is 17.3 Å². The molecule has 192 valence electrons. The Morgan fingerprint density at radius 3 is 2.64 bits per heavy atom. The quantitative estimate of drug-likeness (QED) is 0.177. The van der Waals surface area contributed by atoms with Gasteiger partial charge in [0.15, 0.2) is 5.91 Å². The van der Waals surface area contributed by atoms with Crippen LogP contribution in [0.4, 0.5) is 5.69 Å². The zero-order valence-corrected chi connectivity index (χ0v) is 21.2. The van der Waals surface area contributed by atoms with E-state index in [0.717, 1.165) is 17.7 Å². The van der Waals surface area contributed by atoms with Gasteiger partial charge in [-0.2, -0.15) is 0 Å². The van der Waals surface area contributed by atoms with Crippen molar-refractivity contribution in [2.24, 2.45) is 0 Å². The lowest BCUT2D eigenvalue weighted by molar-refractivity contribution is 0.0977. The first-order valence-corrected chi connectivity index (χ1v) is 12.4. The van der Waals surface area contributed by atoms with E-state index in [1.54, 1.807) is 54.9 Å². The lowest BCUT2D eigenvalue weighted by atomic mass is 9.99. The highest BCUT2D eigenvalue weighted by Crippen LogP contribution is 2.21. The van der Waals surface area contributed by atoms with Gasteiger partial charge >= 0.3 is 0 Å². The van der Waals surface area contributed by atoms with Gasteiger partial charge in [0.1, 0.15) is 0 Å². The van der Waals surface area contributed by atoms with Crippen molar-refractivity contribution in [3.63, 3.8) is 0 Å². The third kappa shape index (κ3) is 8.09. The molecule has 0 bridgehead atoms. The number of carbonyl (C=O) groups excluding carboxylic acids is 1. The van der Waals surface area contributed by atoms with Crippen LogP contribution in [0.15, 0.2) is 61.1 Å². The molecular formula is C25H30N6O4S-2. The Labute approximate surface area is 213 Å². The second kappa shape index (κ2) is 12.0. The van der Waals surface area contributed by atoms with Crippen molar-refractivity contribution in [2.45, 2.75) is 45.4 Å². The van der Waals surface area contributed by atoms with E-state index < -0.39 is 17.4 Å². The van der Waals surface area contributed by atoms with Crippen LogP contribution in [0.3, 0.4) is 0 Å². The van der Waals surface area contributed by atoms with Gasteiger partial charge in [0.25, 0.3) is 0 Å². The Morgan fingerprint density at radius 2 is 1.97 bits per heavy atom. The lowest BCUT2D eigenvalue weighted by Crippen LogP contribution is -2.42. The van der Waals surface area contributed by atoms with E-state index in [9.17, 15) is 24.1 Å². The number of aryl methyl sites for hydroxylation is 1. The summed E-state index contributed by atoms with van der Waals surface area (Å²) in [5, 5.41) is 25.5. The molecule has 11 heteroatoms. The minimum atomic E-state index is -2.42. The lowest BCUT2D eigenvalue weighted by Gasteiger charge is -2.28. The fraction of sp³-hybridized carbons (Fsp3) is 0.320. The molecular weight excluding hydrogens is 480 g/mol. The number of benzene rings is 2. The smallest absolute Gasteiger partial charge is 0.175 e. The number of amidine groups is 1. The third-order valence-electron chi connectivity index (χ3n) is 5.61. The predicted octanol–water partition coefficient (Wildman–Crippen LogP) is 2.97. The van der Waals surface area contributed by atoms with Crippen LogP contribution in [0.2, 0.25) is 0 Å². The van der Waals surface area contributed by atoms with E-state index in [2.05, 4.69) is 20.3 Å². The molecule has 0 spiro atoms. The van der Waals surface area contributed by atoms with E-state index in [0.29, 0.717) is 29.9 Å². The number of nitrogens with zero attached hydrogens (tertiary/aromatic N) is 3. The maximum atomic E-state index is 12.0. The van der Waals surface area contributed by atoms with Gasteiger partial charge < -0.3 is 35.0 Å². The Hall–Kier alpha value is -3.38. The summed E-state index contributed by atoms with van der Waals surface area (Å²) in [6.07, 6.45) is 3.66. The molecule has 10 nitrogen and oxygen atoms in total. The molecule has 0 fully saturated rings. The van der Waals surface area contributed by atoms with Crippen molar-refractivity contribution in [3.8, 4) is 11.3 Å².